The minimum Gasteiger partial charge on any atom is -0.398 e. The molecule has 0 amide bonds. The van der Waals surface area contributed by atoms with E-state index in [0.717, 1.165) is 30.3 Å². The van der Waals surface area contributed by atoms with E-state index in [1.165, 1.54) is 6.07 Å². The number of non-ortho nitro benzene ring substituents is 2. The quantitative estimate of drug-likeness (QED) is 0.455. The zero-order valence-corrected chi connectivity index (χ0v) is 12.7. The van der Waals surface area contributed by atoms with Crippen molar-refractivity contribution in [3.63, 3.8) is 0 Å². The van der Waals surface area contributed by atoms with Crippen LogP contribution >= 0.6 is 0 Å². The summed E-state index contributed by atoms with van der Waals surface area (Å²) in [6, 6.07) is 6.42. The van der Waals surface area contributed by atoms with Crippen molar-refractivity contribution in [3.8, 4) is 0 Å². The Morgan fingerprint density at radius 3 is 1.35 bits per heavy atom. The Bertz CT molecular complexity index is 835. The summed E-state index contributed by atoms with van der Waals surface area (Å²) < 4.78 is 0. The summed E-state index contributed by atoms with van der Waals surface area (Å²) in [5, 5.41) is 41.1. The second-order valence-electron chi connectivity index (χ2n) is 4.52. The Morgan fingerprint density at radius 2 is 1.04 bits per heavy atom. The summed E-state index contributed by atoms with van der Waals surface area (Å²) >= 11 is 0. The first-order chi connectivity index (χ1) is 12.0. The Balaban J connectivity index is 0.000000260. The van der Waals surface area contributed by atoms with Gasteiger partial charge in [0.1, 0.15) is 0 Å². The lowest BCUT2D eigenvalue weighted by atomic mass is 10.2. The summed E-state index contributed by atoms with van der Waals surface area (Å²) in [6.07, 6.45) is 0. The molecule has 0 aliphatic carbocycles. The maximum Gasteiger partial charge on any atom is 0.299 e. The lowest BCUT2D eigenvalue weighted by molar-refractivity contribution is -0.394. The van der Waals surface area contributed by atoms with Crippen LogP contribution in [0.3, 0.4) is 0 Å². The van der Waals surface area contributed by atoms with Gasteiger partial charge in [0.05, 0.1) is 25.8 Å². The number of nitro benzene ring substituents is 4. The van der Waals surface area contributed by atoms with E-state index in [-0.39, 0.29) is 17.1 Å². The fourth-order valence-electron chi connectivity index (χ4n) is 1.69. The normalized spacial score (nSPS) is 9.54. The van der Waals surface area contributed by atoms with Gasteiger partial charge in [-0.15, -0.1) is 0 Å². The molecule has 2 aromatic carbocycles. The van der Waals surface area contributed by atoms with Gasteiger partial charge in [0, 0.05) is 30.0 Å². The molecular weight excluding hydrogens is 356 g/mol. The number of anilines is 2. The summed E-state index contributed by atoms with van der Waals surface area (Å²) in [6.45, 7) is 0. The highest BCUT2D eigenvalue weighted by molar-refractivity contribution is 5.70. The van der Waals surface area contributed by atoms with Gasteiger partial charge in [-0.3, -0.25) is 40.5 Å². The third-order valence-electron chi connectivity index (χ3n) is 2.80. The van der Waals surface area contributed by atoms with E-state index in [1.807, 2.05) is 0 Å². The SMILES string of the molecule is Nc1c([N+](=O)[O-])cccc1[N+](=O)[O-].Nc1cc([N+](=O)[O-])cc([N+](=O)[O-])c1. The van der Waals surface area contributed by atoms with E-state index in [9.17, 15) is 40.5 Å². The van der Waals surface area contributed by atoms with E-state index < -0.39 is 36.8 Å². The van der Waals surface area contributed by atoms with E-state index in [0.29, 0.717) is 0 Å². The number of nitrogens with two attached hydrogens (primary N) is 2. The Kier molecular flexibility index (Phi) is 6.02. The molecule has 0 atom stereocenters. The van der Waals surface area contributed by atoms with Crippen molar-refractivity contribution in [2.24, 2.45) is 0 Å². The molecule has 0 fully saturated rings. The third kappa shape index (κ3) is 4.82. The molecule has 14 nitrogen and oxygen atoms in total. The second kappa shape index (κ2) is 7.95. The van der Waals surface area contributed by atoms with Crippen LogP contribution in [-0.2, 0) is 0 Å². The van der Waals surface area contributed by atoms with Gasteiger partial charge in [-0.05, 0) is 6.07 Å². The standard InChI is InChI=1S/2C6H5N3O4/c7-4-1-5(8(10)11)3-6(2-4)9(12)13;7-6-4(8(10)11)2-1-3-5(6)9(12)13/h2*1-3H,7H2. The molecule has 0 bridgehead atoms. The number of hydrogen-bond acceptors (Lipinski definition) is 10. The first kappa shape index (κ1) is 19.7. The summed E-state index contributed by atoms with van der Waals surface area (Å²) in [4.78, 5) is 38.1. The minimum absolute atomic E-state index is 0.000833. The van der Waals surface area contributed by atoms with Gasteiger partial charge >= 0.3 is 0 Å². The molecule has 0 heterocycles. The molecule has 0 aliphatic heterocycles. The first-order valence-corrected chi connectivity index (χ1v) is 6.41. The lowest BCUT2D eigenvalue weighted by Crippen LogP contribution is -2.00. The zero-order valence-electron chi connectivity index (χ0n) is 12.7. The van der Waals surface area contributed by atoms with Gasteiger partial charge < -0.3 is 11.5 Å². The van der Waals surface area contributed by atoms with E-state index in [1.54, 1.807) is 0 Å². The topological polar surface area (TPSA) is 225 Å². The van der Waals surface area contributed by atoms with Gasteiger partial charge in [-0.1, -0.05) is 0 Å². The van der Waals surface area contributed by atoms with Crippen LogP contribution in [0.15, 0.2) is 36.4 Å². The van der Waals surface area contributed by atoms with Crippen LogP contribution in [0, 0.1) is 40.5 Å². The number of hydrogen-bond donors (Lipinski definition) is 2. The highest BCUT2D eigenvalue weighted by Gasteiger charge is 2.21. The molecule has 0 saturated carbocycles. The van der Waals surface area contributed by atoms with E-state index in [4.69, 9.17) is 11.5 Å². The minimum atomic E-state index is -0.762. The Morgan fingerprint density at radius 1 is 0.654 bits per heavy atom. The molecule has 0 spiro atoms. The van der Waals surface area contributed by atoms with Crippen LogP contribution in [0.4, 0.5) is 34.1 Å². The molecule has 0 aromatic heterocycles. The van der Waals surface area contributed by atoms with Gasteiger partial charge in [0.2, 0.25) is 0 Å². The highest BCUT2D eigenvalue weighted by atomic mass is 16.6. The molecule has 26 heavy (non-hydrogen) atoms. The smallest absolute Gasteiger partial charge is 0.299 e. The van der Waals surface area contributed by atoms with Gasteiger partial charge in [0.25, 0.3) is 22.7 Å². The summed E-state index contributed by atoms with van der Waals surface area (Å²) in [5.41, 5.74) is 8.34. The third-order valence-corrected chi connectivity index (χ3v) is 2.80. The fourth-order valence-corrected chi connectivity index (χ4v) is 1.69. The first-order valence-electron chi connectivity index (χ1n) is 6.41. The maximum atomic E-state index is 10.3. The monoisotopic (exact) mass is 366 g/mol. The highest BCUT2D eigenvalue weighted by Crippen LogP contribution is 2.30. The van der Waals surface area contributed by atoms with Crippen molar-refractivity contribution in [1.29, 1.82) is 0 Å². The number of nitro groups is 4. The van der Waals surface area contributed by atoms with Gasteiger partial charge in [-0.2, -0.15) is 0 Å². The number of benzene rings is 2. The van der Waals surface area contributed by atoms with E-state index >= 15 is 0 Å². The van der Waals surface area contributed by atoms with Crippen LogP contribution in [0.25, 0.3) is 0 Å². The molecule has 14 heteroatoms. The lowest BCUT2D eigenvalue weighted by Gasteiger charge is -1.96. The van der Waals surface area contributed by atoms with Crippen LogP contribution in [0.1, 0.15) is 0 Å². The van der Waals surface area contributed by atoms with Crippen molar-refractivity contribution < 1.29 is 19.7 Å². The van der Waals surface area contributed by atoms with E-state index in [2.05, 4.69) is 0 Å². The van der Waals surface area contributed by atoms with Crippen molar-refractivity contribution in [3.05, 3.63) is 76.9 Å². The Labute approximate surface area is 143 Å². The molecule has 2 aromatic rings. The number of nitrogen functional groups attached to an aromatic ring is 2. The van der Waals surface area contributed by atoms with Gasteiger partial charge in [-0.25, -0.2) is 0 Å². The van der Waals surface area contributed by atoms with Crippen molar-refractivity contribution in [2.75, 3.05) is 11.5 Å². The number of rotatable bonds is 4. The molecular formula is C12H10N6O8. The molecule has 0 radical (unpaired) electrons. The summed E-state index contributed by atoms with van der Waals surface area (Å²) in [5.74, 6) is 0. The van der Waals surface area contributed by atoms with Crippen molar-refractivity contribution >= 4 is 34.1 Å². The van der Waals surface area contributed by atoms with Crippen molar-refractivity contribution in [1.82, 2.24) is 0 Å². The van der Waals surface area contributed by atoms with Crippen LogP contribution in [-0.4, -0.2) is 19.7 Å². The molecule has 0 aliphatic rings. The molecule has 4 N–H and O–H groups in total. The number of para-hydroxylation sites is 1. The number of nitrogens with zero attached hydrogens (tertiary/aromatic N) is 4. The zero-order chi connectivity index (χ0) is 20.0. The van der Waals surface area contributed by atoms with Gasteiger partial charge in [0.15, 0.2) is 5.69 Å². The molecule has 0 unspecified atom stereocenters. The molecule has 2 rings (SSSR count). The van der Waals surface area contributed by atoms with Crippen LogP contribution < -0.4 is 11.5 Å². The average molecular weight is 366 g/mol. The largest absolute Gasteiger partial charge is 0.398 e. The molecule has 136 valence electrons. The maximum absolute atomic E-state index is 10.3. The van der Waals surface area contributed by atoms with Crippen LogP contribution in [0.2, 0.25) is 0 Å². The second-order valence-corrected chi connectivity index (χ2v) is 4.52. The predicted octanol–water partition coefficient (Wildman–Crippen LogP) is 2.17. The fraction of sp³-hybridized carbons (Fsp3) is 0. The molecule has 0 saturated heterocycles. The van der Waals surface area contributed by atoms with Crippen molar-refractivity contribution in [2.45, 2.75) is 0 Å². The van der Waals surface area contributed by atoms with Crippen LogP contribution in [0.5, 0.6) is 0 Å². The predicted molar refractivity (Wildman–Crippen MR) is 88.3 cm³/mol. The summed E-state index contributed by atoms with van der Waals surface area (Å²) in [7, 11) is 0. The average Bonchev–Trinajstić information content (AvgIpc) is 2.54. The Hall–Kier alpha value is -4.36.